The molecule has 2 rings (SSSR count). The first kappa shape index (κ1) is 16.0. The third-order valence-electron chi connectivity index (χ3n) is 2.96. The lowest BCUT2D eigenvalue weighted by Gasteiger charge is -2.15. The Morgan fingerprint density at radius 1 is 1.05 bits per heavy atom. The molecule has 0 radical (unpaired) electrons. The van der Waals surface area contributed by atoms with E-state index < -0.39 is 0 Å². The van der Waals surface area contributed by atoms with E-state index in [2.05, 4.69) is 36.5 Å². The molecule has 0 fully saturated rings. The van der Waals surface area contributed by atoms with Gasteiger partial charge in [0.25, 0.3) is 0 Å². The smallest absolute Gasteiger partial charge is 0.156 e. The van der Waals surface area contributed by atoms with Crippen LogP contribution in [0.4, 0.5) is 5.69 Å². The molecule has 2 aromatic rings. The molecule has 0 aliphatic rings. The van der Waals surface area contributed by atoms with Crippen LogP contribution in [0.2, 0.25) is 10.0 Å². The average molecular weight is 324 g/mol. The number of anilines is 1. The second-order valence-electron chi connectivity index (χ2n) is 5.27. The van der Waals surface area contributed by atoms with Crippen LogP contribution in [0.5, 0.6) is 5.75 Å². The Balaban J connectivity index is 2.09. The molecule has 2 nitrogen and oxygen atoms in total. The fraction of sp³-hybridized carbons (Fsp3) is 0.294. The summed E-state index contributed by atoms with van der Waals surface area (Å²) in [5, 5.41) is 4.42. The highest BCUT2D eigenvalue weighted by Gasteiger charge is 2.11. The maximum atomic E-state index is 6.24. The van der Waals surface area contributed by atoms with Crippen LogP contribution in [0.25, 0.3) is 0 Å². The minimum absolute atomic E-state index is 0.0385. The van der Waals surface area contributed by atoms with Gasteiger partial charge < -0.3 is 10.1 Å². The maximum absolute atomic E-state index is 6.24. The highest BCUT2D eigenvalue weighted by Crippen LogP contribution is 2.35. The summed E-state index contributed by atoms with van der Waals surface area (Å²) in [7, 11) is 0. The van der Waals surface area contributed by atoms with Crippen molar-refractivity contribution >= 4 is 28.9 Å². The van der Waals surface area contributed by atoms with Gasteiger partial charge in [0.2, 0.25) is 0 Å². The minimum Gasteiger partial charge on any atom is -0.488 e. The zero-order valence-electron chi connectivity index (χ0n) is 12.4. The summed E-state index contributed by atoms with van der Waals surface area (Å²) < 4.78 is 5.62. The lowest BCUT2D eigenvalue weighted by atomic mass is 10.2. The summed E-state index contributed by atoms with van der Waals surface area (Å²) in [6.07, 6.45) is 0.0385. The summed E-state index contributed by atoms with van der Waals surface area (Å²) >= 11 is 12.5. The highest BCUT2D eigenvalue weighted by atomic mass is 35.5. The molecule has 0 saturated heterocycles. The van der Waals surface area contributed by atoms with Crippen molar-refractivity contribution in [1.29, 1.82) is 0 Å². The van der Waals surface area contributed by atoms with Gasteiger partial charge in [-0.2, -0.15) is 0 Å². The Labute approximate surface area is 136 Å². The summed E-state index contributed by atoms with van der Waals surface area (Å²) in [5.74, 6) is 0.549. The van der Waals surface area contributed by atoms with Gasteiger partial charge in [-0.3, -0.25) is 0 Å². The summed E-state index contributed by atoms with van der Waals surface area (Å²) in [6.45, 7) is 6.61. The quantitative estimate of drug-likeness (QED) is 0.761. The van der Waals surface area contributed by atoms with Crippen LogP contribution in [0.3, 0.4) is 0 Å². The largest absolute Gasteiger partial charge is 0.488 e. The second kappa shape index (κ2) is 7.06. The van der Waals surface area contributed by atoms with E-state index in [4.69, 9.17) is 27.9 Å². The Bertz CT molecular complexity index is 586. The van der Waals surface area contributed by atoms with E-state index in [1.54, 1.807) is 0 Å². The summed E-state index contributed by atoms with van der Waals surface area (Å²) in [4.78, 5) is 0. The number of nitrogens with one attached hydrogen (secondary N) is 1. The van der Waals surface area contributed by atoms with Crippen LogP contribution in [-0.2, 0) is 6.54 Å². The van der Waals surface area contributed by atoms with Crippen molar-refractivity contribution in [3.63, 3.8) is 0 Å². The lowest BCUT2D eigenvalue weighted by molar-refractivity contribution is 0.242. The number of halogens is 2. The molecule has 21 heavy (non-hydrogen) atoms. The molecule has 0 amide bonds. The molecule has 0 unspecified atom stereocenters. The van der Waals surface area contributed by atoms with Crippen LogP contribution in [0.15, 0.2) is 36.4 Å². The molecule has 0 aliphatic carbocycles. The number of ether oxygens (including phenoxy) is 1. The van der Waals surface area contributed by atoms with Gasteiger partial charge in [0.05, 0.1) is 16.1 Å². The maximum Gasteiger partial charge on any atom is 0.156 e. The minimum atomic E-state index is 0.0385. The van der Waals surface area contributed by atoms with Gasteiger partial charge >= 0.3 is 0 Å². The molecular formula is C17H19Cl2NO. The van der Waals surface area contributed by atoms with Crippen LogP contribution in [-0.4, -0.2) is 6.10 Å². The first-order chi connectivity index (χ1) is 9.95. The van der Waals surface area contributed by atoms with Gasteiger partial charge in [0.1, 0.15) is 0 Å². The molecule has 0 spiro atoms. The Hall–Kier alpha value is -1.38. The molecule has 0 heterocycles. The van der Waals surface area contributed by atoms with Crippen LogP contribution in [0.1, 0.15) is 25.0 Å². The van der Waals surface area contributed by atoms with E-state index in [0.717, 1.165) is 11.3 Å². The first-order valence-electron chi connectivity index (χ1n) is 6.91. The number of benzene rings is 2. The number of rotatable bonds is 5. The topological polar surface area (TPSA) is 21.3 Å². The van der Waals surface area contributed by atoms with Crippen molar-refractivity contribution in [2.75, 3.05) is 5.32 Å². The van der Waals surface area contributed by atoms with Gasteiger partial charge in [0, 0.05) is 12.2 Å². The third kappa shape index (κ3) is 4.55. The van der Waals surface area contributed by atoms with E-state index in [9.17, 15) is 0 Å². The Morgan fingerprint density at radius 3 is 2.14 bits per heavy atom. The lowest BCUT2D eigenvalue weighted by Crippen LogP contribution is -2.07. The molecule has 0 bridgehead atoms. The standard InChI is InChI=1S/C17H19Cl2NO/c1-11(2)21-17-15(18)8-13(9-16(17)19)10-20-14-6-4-12(3)5-7-14/h4-9,11,20H,10H2,1-3H3. The molecular weight excluding hydrogens is 305 g/mol. The average Bonchev–Trinajstić information content (AvgIpc) is 2.42. The van der Waals surface area contributed by atoms with Crippen LogP contribution >= 0.6 is 23.2 Å². The SMILES string of the molecule is Cc1ccc(NCc2cc(Cl)c(OC(C)C)c(Cl)c2)cc1. The summed E-state index contributed by atoms with van der Waals surface area (Å²) in [5.41, 5.74) is 3.32. The van der Waals surface area contributed by atoms with Crippen LogP contribution < -0.4 is 10.1 Å². The van der Waals surface area contributed by atoms with Gasteiger partial charge in [-0.05, 0) is 50.6 Å². The molecule has 1 N–H and O–H groups in total. The molecule has 0 saturated carbocycles. The van der Waals surface area contributed by atoms with Gasteiger partial charge in [-0.1, -0.05) is 40.9 Å². The number of hydrogen-bond acceptors (Lipinski definition) is 2. The molecule has 0 aromatic heterocycles. The van der Waals surface area contributed by atoms with Crippen molar-refractivity contribution < 1.29 is 4.74 Å². The van der Waals surface area contributed by atoms with E-state index >= 15 is 0 Å². The zero-order valence-corrected chi connectivity index (χ0v) is 13.9. The number of aryl methyl sites for hydroxylation is 1. The normalized spacial score (nSPS) is 10.8. The monoisotopic (exact) mass is 323 g/mol. The second-order valence-corrected chi connectivity index (χ2v) is 6.09. The van der Waals surface area contributed by atoms with Crippen molar-refractivity contribution in [1.82, 2.24) is 0 Å². The molecule has 0 atom stereocenters. The fourth-order valence-electron chi connectivity index (χ4n) is 1.94. The van der Waals surface area contributed by atoms with E-state index in [0.29, 0.717) is 22.3 Å². The van der Waals surface area contributed by atoms with E-state index in [1.165, 1.54) is 5.56 Å². The van der Waals surface area contributed by atoms with Crippen molar-refractivity contribution in [2.24, 2.45) is 0 Å². The Kier molecular flexibility index (Phi) is 5.38. The molecule has 0 aliphatic heterocycles. The zero-order chi connectivity index (χ0) is 15.4. The van der Waals surface area contributed by atoms with Crippen molar-refractivity contribution in [3.8, 4) is 5.75 Å². The highest BCUT2D eigenvalue weighted by molar-refractivity contribution is 6.37. The summed E-state index contributed by atoms with van der Waals surface area (Å²) in [6, 6.07) is 12.0. The fourth-order valence-corrected chi connectivity index (χ4v) is 2.56. The molecule has 112 valence electrons. The van der Waals surface area contributed by atoms with Gasteiger partial charge in [-0.15, -0.1) is 0 Å². The molecule has 4 heteroatoms. The predicted octanol–water partition coefficient (Wildman–Crippen LogP) is 5.70. The Morgan fingerprint density at radius 2 is 1.62 bits per heavy atom. The molecule has 2 aromatic carbocycles. The van der Waals surface area contributed by atoms with E-state index in [-0.39, 0.29) is 6.10 Å². The van der Waals surface area contributed by atoms with Crippen molar-refractivity contribution in [2.45, 2.75) is 33.4 Å². The first-order valence-corrected chi connectivity index (χ1v) is 7.66. The van der Waals surface area contributed by atoms with Gasteiger partial charge in [-0.25, -0.2) is 0 Å². The third-order valence-corrected chi connectivity index (χ3v) is 3.52. The van der Waals surface area contributed by atoms with Crippen LogP contribution in [0, 0.1) is 6.92 Å². The predicted molar refractivity (Wildman–Crippen MR) is 90.7 cm³/mol. The van der Waals surface area contributed by atoms with Gasteiger partial charge in [0.15, 0.2) is 5.75 Å². The van der Waals surface area contributed by atoms with Crippen molar-refractivity contribution in [3.05, 3.63) is 57.6 Å². The van der Waals surface area contributed by atoms with E-state index in [1.807, 2.05) is 26.0 Å². The number of hydrogen-bond donors (Lipinski definition) is 1.